The largest absolute Gasteiger partial charge is 0.255 e. The number of nitrogens with zero attached hydrogens (tertiary/aromatic N) is 4. The van der Waals surface area contributed by atoms with Gasteiger partial charge in [-0.3, -0.25) is 4.98 Å². The van der Waals surface area contributed by atoms with Crippen LogP contribution in [0.5, 0.6) is 0 Å². The maximum atomic E-state index is 4.32. The van der Waals surface area contributed by atoms with Crippen LogP contribution in [-0.4, -0.2) is 20.0 Å². The molecule has 0 fully saturated rings. The first-order valence-corrected chi connectivity index (χ1v) is 6.22. The van der Waals surface area contributed by atoms with Crippen molar-refractivity contribution in [3.8, 4) is 17.1 Å². The molecule has 2 aromatic heterocycles. The Labute approximate surface area is 112 Å². The van der Waals surface area contributed by atoms with Crippen LogP contribution in [0.1, 0.15) is 0 Å². The zero-order valence-corrected chi connectivity index (χ0v) is 10.9. The number of halogens is 1. The normalized spacial score (nSPS) is 10.5. The van der Waals surface area contributed by atoms with E-state index in [1.54, 1.807) is 17.1 Å². The zero-order chi connectivity index (χ0) is 12.4. The highest BCUT2D eigenvalue weighted by molar-refractivity contribution is 9.10. The van der Waals surface area contributed by atoms with Crippen LogP contribution in [0, 0.1) is 0 Å². The topological polar surface area (TPSA) is 43.6 Å². The van der Waals surface area contributed by atoms with Crippen molar-refractivity contribution >= 4 is 15.9 Å². The van der Waals surface area contributed by atoms with Crippen LogP contribution in [0.15, 0.2) is 59.3 Å². The van der Waals surface area contributed by atoms with E-state index in [4.69, 9.17) is 0 Å². The van der Waals surface area contributed by atoms with Gasteiger partial charge in [-0.25, -0.2) is 4.68 Å². The lowest BCUT2D eigenvalue weighted by Crippen LogP contribution is -2.00. The van der Waals surface area contributed by atoms with Crippen molar-refractivity contribution < 1.29 is 0 Å². The lowest BCUT2D eigenvalue weighted by molar-refractivity contribution is 0.803. The third-order valence-electron chi connectivity index (χ3n) is 2.56. The SMILES string of the molecule is Brc1ccccc1-n1nncc1-c1ccccn1. The van der Waals surface area contributed by atoms with E-state index in [-0.39, 0.29) is 0 Å². The van der Waals surface area contributed by atoms with E-state index in [9.17, 15) is 0 Å². The first-order valence-electron chi connectivity index (χ1n) is 5.43. The van der Waals surface area contributed by atoms with E-state index in [1.165, 1.54) is 0 Å². The van der Waals surface area contributed by atoms with Gasteiger partial charge in [-0.2, -0.15) is 0 Å². The molecule has 1 aromatic carbocycles. The summed E-state index contributed by atoms with van der Waals surface area (Å²) in [6.07, 6.45) is 3.47. The Morgan fingerprint density at radius 3 is 2.61 bits per heavy atom. The van der Waals surface area contributed by atoms with Gasteiger partial charge in [0.25, 0.3) is 0 Å². The molecule has 0 aliphatic carbocycles. The van der Waals surface area contributed by atoms with E-state index in [1.807, 2.05) is 42.5 Å². The fraction of sp³-hybridized carbons (Fsp3) is 0. The summed E-state index contributed by atoms with van der Waals surface area (Å²) in [5.41, 5.74) is 2.65. The molecule has 3 aromatic rings. The molecule has 0 unspecified atom stereocenters. The smallest absolute Gasteiger partial charge is 0.113 e. The van der Waals surface area contributed by atoms with Gasteiger partial charge in [0, 0.05) is 10.7 Å². The highest BCUT2D eigenvalue weighted by atomic mass is 79.9. The molecule has 0 aliphatic rings. The maximum absolute atomic E-state index is 4.32. The van der Waals surface area contributed by atoms with Crippen molar-refractivity contribution in [1.82, 2.24) is 20.0 Å². The molecule has 18 heavy (non-hydrogen) atoms. The minimum atomic E-state index is 0.846. The van der Waals surface area contributed by atoms with Crippen LogP contribution in [-0.2, 0) is 0 Å². The summed E-state index contributed by atoms with van der Waals surface area (Å²) in [6.45, 7) is 0. The Bertz CT molecular complexity index is 664. The second kappa shape index (κ2) is 4.70. The van der Waals surface area contributed by atoms with Gasteiger partial charge in [0.2, 0.25) is 0 Å². The second-order valence-electron chi connectivity index (χ2n) is 3.70. The third-order valence-corrected chi connectivity index (χ3v) is 3.23. The first kappa shape index (κ1) is 11.1. The average Bonchev–Trinajstić information content (AvgIpc) is 2.89. The van der Waals surface area contributed by atoms with E-state index in [0.717, 1.165) is 21.5 Å². The Hall–Kier alpha value is -2.01. The molecular weight excluding hydrogens is 292 g/mol. The molecule has 3 rings (SSSR count). The van der Waals surface area contributed by atoms with Crippen molar-refractivity contribution in [2.24, 2.45) is 0 Å². The van der Waals surface area contributed by atoms with Gasteiger partial charge in [-0.15, -0.1) is 5.10 Å². The molecule has 0 saturated heterocycles. The molecule has 0 N–H and O–H groups in total. The molecule has 0 amide bonds. The number of rotatable bonds is 2. The number of hydrogen-bond donors (Lipinski definition) is 0. The maximum Gasteiger partial charge on any atom is 0.113 e. The van der Waals surface area contributed by atoms with Gasteiger partial charge in [0.1, 0.15) is 5.69 Å². The predicted octanol–water partition coefficient (Wildman–Crippen LogP) is 3.09. The van der Waals surface area contributed by atoms with Gasteiger partial charge in [-0.1, -0.05) is 23.4 Å². The second-order valence-corrected chi connectivity index (χ2v) is 4.55. The number of aromatic nitrogens is 4. The van der Waals surface area contributed by atoms with Crippen LogP contribution < -0.4 is 0 Å². The Balaban J connectivity index is 2.16. The van der Waals surface area contributed by atoms with E-state index >= 15 is 0 Å². The molecule has 0 atom stereocenters. The van der Waals surface area contributed by atoms with E-state index in [2.05, 4.69) is 31.2 Å². The molecule has 5 heteroatoms. The lowest BCUT2D eigenvalue weighted by atomic mass is 10.2. The monoisotopic (exact) mass is 300 g/mol. The Morgan fingerprint density at radius 1 is 1.00 bits per heavy atom. The predicted molar refractivity (Wildman–Crippen MR) is 72.3 cm³/mol. The summed E-state index contributed by atoms with van der Waals surface area (Å²) >= 11 is 3.52. The molecule has 2 heterocycles. The Kier molecular flexibility index (Phi) is 2.90. The van der Waals surface area contributed by atoms with Crippen LogP contribution in [0.3, 0.4) is 0 Å². The van der Waals surface area contributed by atoms with E-state index in [0.29, 0.717) is 0 Å². The fourth-order valence-electron chi connectivity index (χ4n) is 1.73. The van der Waals surface area contributed by atoms with Crippen LogP contribution in [0.25, 0.3) is 17.1 Å². The summed E-state index contributed by atoms with van der Waals surface area (Å²) < 4.78 is 2.74. The van der Waals surface area contributed by atoms with Crippen molar-refractivity contribution in [1.29, 1.82) is 0 Å². The number of pyridine rings is 1. The van der Waals surface area contributed by atoms with Gasteiger partial charge in [0.05, 0.1) is 17.6 Å². The number of hydrogen-bond acceptors (Lipinski definition) is 3. The molecule has 0 saturated carbocycles. The van der Waals surface area contributed by atoms with Crippen LogP contribution >= 0.6 is 15.9 Å². The van der Waals surface area contributed by atoms with Gasteiger partial charge < -0.3 is 0 Å². The zero-order valence-electron chi connectivity index (χ0n) is 9.36. The van der Waals surface area contributed by atoms with Gasteiger partial charge in [-0.05, 0) is 40.2 Å². The molecule has 0 bridgehead atoms. The van der Waals surface area contributed by atoms with Crippen LogP contribution in [0.2, 0.25) is 0 Å². The Morgan fingerprint density at radius 2 is 1.83 bits per heavy atom. The lowest BCUT2D eigenvalue weighted by Gasteiger charge is -2.07. The summed E-state index contributed by atoms with van der Waals surface area (Å²) in [4.78, 5) is 4.32. The van der Waals surface area contributed by atoms with Crippen molar-refractivity contribution in [2.45, 2.75) is 0 Å². The molecule has 0 radical (unpaired) electrons. The van der Waals surface area contributed by atoms with Crippen molar-refractivity contribution in [3.63, 3.8) is 0 Å². The van der Waals surface area contributed by atoms with Crippen molar-refractivity contribution in [2.75, 3.05) is 0 Å². The number of benzene rings is 1. The first-order chi connectivity index (χ1) is 8.86. The molecule has 88 valence electrons. The summed E-state index contributed by atoms with van der Waals surface area (Å²) in [6, 6.07) is 13.6. The van der Waals surface area contributed by atoms with E-state index < -0.39 is 0 Å². The molecule has 0 aliphatic heterocycles. The third kappa shape index (κ3) is 1.93. The molecule has 4 nitrogen and oxygen atoms in total. The van der Waals surface area contributed by atoms with Crippen molar-refractivity contribution in [3.05, 3.63) is 59.3 Å². The summed E-state index contributed by atoms with van der Waals surface area (Å²) in [7, 11) is 0. The highest BCUT2D eigenvalue weighted by Crippen LogP contribution is 2.24. The minimum absolute atomic E-state index is 0.846. The van der Waals surface area contributed by atoms with Crippen LogP contribution in [0.4, 0.5) is 0 Å². The van der Waals surface area contributed by atoms with Gasteiger partial charge in [0.15, 0.2) is 0 Å². The van der Waals surface area contributed by atoms with Gasteiger partial charge >= 0.3 is 0 Å². The molecule has 0 spiro atoms. The summed E-state index contributed by atoms with van der Waals surface area (Å²) in [5.74, 6) is 0. The highest BCUT2D eigenvalue weighted by Gasteiger charge is 2.11. The minimum Gasteiger partial charge on any atom is -0.255 e. The average molecular weight is 301 g/mol. The molecular formula is C13H9BrN4. The fourth-order valence-corrected chi connectivity index (χ4v) is 2.18. The summed E-state index contributed by atoms with van der Waals surface area (Å²) in [5, 5.41) is 8.09. The number of para-hydroxylation sites is 1. The quantitative estimate of drug-likeness (QED) is 0.730. The standard InChI is InChI=1S/C13H9BrN4/c14-10-5-1-2-7-12(10)18-13(9-16-17-18)11-6-3-4-8-15-11/h1-9H.